The van der Waals surface area contributed by atoms with E-state index in [4.69, 9.17) is 5.11 Å². The van der Waals surface area contributed by atoms with E-state index in [1.165, 1.54) is 34.6 Å². The minimum atomic E-state index is -0.976. The molecule has 106 valence electrons. The van der Waals surface area contributed by atoms with Crippen LogP contribution < -0.4 is 5.56 Å². The fraction of sp³-hybridized carbons (Fsp3) is 0.0833. The van der Waals surface area contributed by atoms with Gasteiger partial charge in [-0.3, -0.25) is 14.2 Å². The topological polar surface area (TPSA) is 98.0 Å². The molecule has 0 saturated heterocycles. The Morgan fingerprint density at radius 3 is 2.86 bits per heavy atom. The van der Waals surface area contributed by atoms with Gasteiger partial charge in [0.25, 0.3) is 5.56 Å². The molecule has 0 unspecified atom stereocenters. The first kappa shape index (κ1) is 13.7. The molecule has 0 amide bonds. The predicted octanol–water partition coefficient (Wildman–Crippen LogP) is 1.41. The summed E-state index contributed by atoms with van der Waals surface area (Å²) >= 11 is 2.32. The van der Waals surface area contributed by atoms with Crippen LogP contribution in [-0.2, 0) is 4.79 Å². The van der Waals surface area contributed by atoms with E-state index in [-0.39, 0.29) is 11.3 Å². The second-order valence-corrected chi connectivity index (χ2v) is 5.79. The maximum Gasteiger partial charge on any atom is 0.313 e. The Bertz CT molecular complexity index is 860. The minimum absolute atomic E-state index is 0.184. The molecule has 0 bridgehead atoms. The van der Waals surface area contributed by atoms with Crippen molar-refractivity contribution in [2.75, 3.05) is 5.75 Å². The zero-order valence-corrected chi connectivity index (χ0v) is 12.1. The lowest BCUT2D eigenvalue weighted by atomic mass is 10.4. The summed E-state index contributed by atoms with van der Waals surface area (Å²) < 4.78 is 1.34. The van der Waals surface area contributed by atoms with E-state index < -0.39 is 5.97 Å². The summed E-state index contributed by atoms with van der Waals surface area (Å²) in [5.41, 5.74) is 0.194. The number of aliphatic carboxylic acids is 1. The fourth-order valence-electron chi connectivity index (χ4n) is 1.75. The standard InChI is InChI=1S/C12H8N4O3S2/c17-9(18)5-21-12-15-10-8(1-2-20-10)11(19)16(12)7-3-13-6-14-4-7/h1-4,6H,5H2,(H,17,18). The van der Waals surface area contributed by atoms with Crippen LogP contribution in [0.5, 0.6) is 0 Å². The molecule has 3 rings (SSSR count). The highest BCUT2D eigenvalue weighted by atomic mass is 32.2. The number of hydrogen-bond acceptors (Lipinski definition) is 7. The number of carboxylic acids is 1. The predicted molar refractivity (Wildman–Crippen MR) is 79.2 cm³/mol. The number of nitrogens with zero attached hydrogens (tertiary/aromatic N) is 4. The number of carbonyl (C=O) groups is 1. The van der Waals surface area contributed by atoms with Crippen LogP contribution in [-0.4, -0.2) is 36.3 Å². The second kappa shape index (κ2) is 5.62. The Morgan fingerprint density at radius 2 is 2.14 bits per heavy atom. The molecule has 0 radical (unpaired) electrons. The molecule has 3 aromatic rings. The normalized spacial score (nSPS) is 10.9. The molecule has 9 heteroatoms. The quantitative estimate of drug-likeness (QED) is 0.573. The Morgan fingerprint density at radius 1 is 1.38 bits per heavy atom. The third kappa shape index (κ3) is 2.65. The summed E-state index contributed by atoms with van der Waals surface area (Å²) in [6.45, 7) is 0. The molecule has 0 aliphatic heterocycles. The molecule has 0 atom stereocenters. The van der Waals surface area contributed by atoms with Gasteiger partial charge in [0.15, 0.2) is 5.16 Å². The first-order valence-electron chi connectivity index (χ1n) is 5.77. The molecule has 1 N–H and O–H groups in total. The number of thiophene rings is 1. The van der Waals surface area contributed by atoms with E-state index in [0.717, 1.165) is 11.8 Å². The monoisotopic (exact) mass is 320 g/mol. The van der Waals surface area contributed by atoms with Crippen LogP contribution in [0.1, 0.15) is 0 Å². The van der Waals surface area contributed by atoms with E-state index in [1.54, 1.807) is 11.4 Å². The van der Waals surface area contributed by atoms with Crippen LogP contribution in [0.3, 0.4) is 0 Å². The Hall–Kier alpha value is -2.26. The largest absolute Gasteiger partial charge is 0.481 e. The van der Waals surface area contributed by atoms with Gasteiger partial charge in [0.2, 0.25) is 0 Å². The van der Waals surface area contributed by atoms with Gasteiger partial charge in [-0.2, -0.15) is 0 Å². The van der Waals surface area contributed by atoms with Crippen LogP contribution >= 0.6 is 23.1 Å². The molecular formula is C12H8N4O3S2. The molecule has 0 spiro atoms. The van der Waals surface area contributed by atoms with E-state index in [1.807, 2.05) is 0 Å². The lowest BCUT2D eigenvalue weighted by Crippen LogP contribution is -2.21. The van der Waals surface area contributed by atoms with Gasteiger partial charge < -0.3 is 5.11 Å². The molecule has 0 aliphatic rings. The average molecular weight is 320 g/mol. The van der Waals surface area contributed by atoms with Crippen molar-refractivity contribution in [3.63, 3.8) is 0 Å². The van der Waals surface area contributed by atoms with Crippen molar-refractivity contribution in [1.82, 2.24) is 19.5 Å². The zero-order chi connectivity index (χ0) is 14.8. The van der Waals surface area contributed by atoms with Gasteiger partial charge in [0.1, 0.15) is 11.2 Å². The van der Waals surface area contributed by atoms with Crippen molar-refractivity contribution >= 4 is 39.3 Å². The number of carboxylic acid groups (broad SMARTS) is 1. The lowest BCUT2D eigenvalue weighted by molar-refractivity contribution is -0.133. The van der Waals surface area contributed by atoms with Crippen molar-refractivity contribution in [1.29, 1.82) is 0 Å². The molecule has 3 heterocycles. The van der Waals surface area contributed by atoms with Crippen LogP contribution in [0.4, 0.5) is 0 Å². The smallest absolute Gasteiger partial charge is 0.313 e. The lowest BCUT2D eigenvalue weighted by Gasteiger charge is -2.10. The first-order chi connectivity index (χ1) is 10.2. The molecule has 0 saturated carbocycles. The zero-order valence-electron chi connectivity index (χ0n) is 10.5. The maximum atomic E-state index is 12.6. The van der Waals surface area contributed by atoms with E-state index in [0.29, 0.717) is 21.1 Å². The number of thioether (sulfide) groups is 1. The summed E-state index contributed by atoms with van der Waals surface area (Å²) in [6, 6.07) is 1.70. The van der Waals surface area contributed by atoms with Crippen LogP contribution in [0, 0.1) is 0 Å². The van der Waals surface area contributed by atoms with Gasteiger partial charge in [-0.05, 0) is 11.4 Å². The van der Waals surface area contributed by atoms with Gasteiger partial charge >= 0.3 is 5.97 Å². The first-order valence-corrected chi connectivity index (χ1v) is 7.63. The van der Waals surface area contributed by atoms with Crippen LogP contribution in [0.2, 0.25) is 0 Å². The van der Waals surface area contributed by atoms with Crippen molar-refractivity contribution in [3.8, 4) is 5.69 Å². The highest BCUT2D eigenvalue weighted by Gasteiger charge is 2.15. The SMILES string of the molecule is O=C(O)CSc1nc2sccc2c(=O)n1-c1cncnc1. The molecule has 0 aromatic carbocycles. The van der Waals surface area contributed by atoms with Gasteiger partial charge in [-0.25, -0.2) is 15.0 Å². The van der Waals surface area contributed by atoms with Gasteiger partial charge in [-0.15, -0.1) is 11.3 Å². The fourth-order valence-corrected chi connectivity index (χ4v) is 3.29. The molecule has 3 aromatic heterocycles. The number of fused-ring (bicyclic) bond motifs is 1. The Kier molecular flexibility index (Phi) is 3.67. The molecule has 21 heavy (non-hydrogen) atoms. The van der Waals surface area contributed by atoms with Crippen molar-refractivity contribution in [3.05, 3.63) is 40.5 Å². The summed E-state index contributed by atoms with van der Waals surface area (Å²) in [6.07, 6.45) is 4.33. The van der Waals surface area contributed by atoms with Crippen LogP contribution in [0.25, 0.3) is 15.9 Å². The summed E-state index contributed by atoms with van der Waals surface area (Å²) in [7, 11) is 0. The van der Waals surface area contributed by atoms with Crippen molar-refractivity contribution in [2.45, 2.75) is 5.16 Å². The highest BCUT2D eigenvalue weighted by molar-refractivity contribution is 7.99. The highest BCUT2D eigenvalue weighted by Crippen LogP contribution is 2.23. The summed E-state index contributed by atoms with van der Waals surface area (Å²) in [4.78, 5) is 36.1. The second-order valence-electron chi connectivity index (χ2n) is 3.95. The molecule has 0 aliphatic carbocycles. The van der Waals surface area contributed by atoms with E-state index in [9.17, 15) is 9.59 Å². The number of hydrogen-bond donors (Lipinski definition) is 1. The van der Waals surface area contributed by atoms with E-state index in [2.05, 4.69) is 15.0 Å². The maximum absolute atomic E-state index is 12.6. The van der Waals surface area contributed by atoms with E-state index >= 15 is 0 Å². The van der Waals surface area contributed by atoms with Gasteiger partial charge in [0, 0.05) is 0 Å². The third-order valence-corrected chi connectivity index (χ3v) is 4.33. The summed E-state index contributed by atoms with van der Waals surface area (Å²) in [5.74, 6) is -1.16. The number of aromatic nitrogens is 4. The molecule has 0 fully saturated rings. The minimum Gasteiger partial charge on any atom is -0.481 e. The Labute approximate surface area is 126 Å². The Balaban J connectivity index is 2.23. The van der Waals surface area contributed by atoms with Crippen molar-refractivity contribution in [2.24, 2.45) is 0 Å². The molecular weight excluding hydrogens is 312 g/mol. The average Bonchev–Trinajstić information content (AvgIpc) is 2.95. The van der Waals surface area contributed by atoms with Crippen LogP contribution in [0.15, 0.2) is 40.1 Å². The van der Waals surface area contributed by atoms with Gasteiger partial charge in [-0.1, -0.05) is 11.8 Å². The summed E-state index contributed by atoms with van der Waals surface area (Å²) in [5, 5.41) is 11.4. The molecule has 7 nitrogen and oxygen atoms in total. The number of rotatable bonds is 4. The van der Waals surface area contributed by atoms with Crippen molar-refractivity contribution < 1.29 is 9.90 Å². The third-order valence-electron chi connectivity index (χ3n) is 2.60. The van der Waals surface area contributed by atoms with Gasteiger partial charge in [0.05, 0.1) is 29.2 Å².